The summed E-state index contributed by atoms with van der Waals surface area (Å²) in [6.07, 6.45) is 0.973. The Balaban J connectivity index is 3.58. The van der Waals surface area contributed by atoms with Gasteiger partial charge in [0.1, 0.15) is 11.3 Å². The molecule has 0 aliphatic heterocycles. The molecule has 0 amide bonds. The van der Waals surface area contributed by atoms with Gasteiger partial charge in [-0.15, -0.1) is 0 Å². The van der Waals surface area contributed by atoms with Gasteiger partial charge in [-0.3, -0.25) is 4.99 Å². The van der Waals surface area contributed by atoms with E-state index in [0.717, 1.165) is 13.3 Å². The van der Waals surface area contributed by atoms with Crippen LogP contribution in [0.3, 0.4) is 0 Å². The molecule has 1 aromatic rings. The van der Waals surface area contributed by atoms with Gasteiger partial charge in [0.2, 0.25) is 5.82 Å². The minimum atomic E-state index is -1.54. The summed E-state index contributed by atoms with van der Waals surface area (Å²) in [6.45, 7) is 3.47. The van der Waals surface area contributed by atoms with E-state index in [4.69, 9.17) is 4.74 Å². The van der Waals surface area contributed by atoms with Gasteiger partial charge in [0, 0.05) is 12.8 Å². The number of ether oxygens (including phenoxy) is 2. The molecular weight excluding hydrogens is 315 g/mol. The van der Waals surface area contributed by atoms with E-state index in [1.165, 1.54) is 6.92 Å². The van der Waals surface area contributed by atoms with Crippen molar-refractivity contribution in [3.8, 4) is 5.75 Å². The molecule has 126 valence electrons. The van der Waals surface area contributed by atoms with Gasteiger partial charge >= 0.3 is 5.97 Å². The number of esters is 1. The molecule has 8 heteroatoms. The number of carbonyl (C=O) groups is 1. The number of aliphatic hydroxyl groups excluding tert-OH is 1. The molecule has 0 aliphatic rings. The molecule has 0 unspecified atom stereocenters. The number of halogens is 3. The summed E-state index contributed by atoms with van der Waals surface area (Å²) in [5.41, 5.74) is -1.23. The number of aliphatic imine (C=N–C) groups is 1. The normalized spacial score (nSPS) is 12.3. The number of carbonyl (C=O) groups excluding carboxylic acids is 1. The predicted octanol–water partition coefficient (Wildman–Crippen LogP) is 3.04. The highest BCUT2D eigenvalue weighted by atomic mass is 19.2. The van der Waals surface area contributed by atoms with Crippen LogP contribution in [0.2, 0.25) is 0 Å². The van der Waals surface area contributed by atoms with Crippen LogP contribution >= 0.6 is 0 Å². The Hall–Kier alpha value is -2.51. The lowest BCUT2D eigenvalue weighted by Crippen LogP contribution is -2.12. The zero-order valence-electron chi connectivity index (χ0n) is 12.8. The van der Waals surface area contributed by atoms with Crippen LogP contribution in [-0.2, 0) is 9.53 Å². The van der Waals surface area contributed by atoms with E-state index in [1.54, 1.807) is 6.92 Å². The summed E-state index contributed by atoms with van der Waals surface area (Å²) in [7, 11) is 0.941. The maximum absolute atomic E-state index is 14.2. The Kier molecular flexibility index (Phi) is 6.62. The average Bonchev–Trinajstić information content (AvgIpc) is 2.52. The fourth-order valence-corrected chi connectivity index (χ4v) is 1.68. The van der Waals surface area contributed by atoms with E-state index < -0.39 is 46.1 Å². The number of nitrogens with zero attached hydrogens (tertiary/aromatic N) is 1. The number of methoxy groups -OCH3 is 1. The molecule has 5 nitrogen and oxygen atoms in total. The van der Waals surface area contributed by atoms with Gasteiger partial charge in [-0.05, 0) is 19.9 Å². The van der Waals surface area contributed by atoms with E-state index in [-0.39, 0.29) is 13.2 Å². The highest BCUT2D eigenvalue weighted by molar-refractivity contribution is 6.15. The first-order valence-electron chi connectivity index (χ1n) is 6.70. The molecule has 0 aromatic heterocycles. The lowest BCUT2D eigenvalue weighted by molar-refractivity contribution is -0.137. The molecule has 0 saturated carbocycles. The van der Waals surface area contributed by atoms with Crippen LogP contribution in [0, 0.1) is 17.5 Å². The van der Waals surface area contributed by atoms with E-state index >= 15 is 0 Å². The molecule has 23 heavy (non-hydrogen) atoms. The van der Waals surface area contributed by atoms with Crippen LogP contribution in [0.1, 0.15) is 19.4 Å². The van der Waals surface area contributed by atoms with Crippen LogP contribution < -0.4 is 4.74 Å². The first-order valence-corrected chi connectivity index (χ1v) is 6.70. The SMILES string of the molecule is CCN=CC(C(=O)OCC)=C(O)c1cc(F)c(F)c(OC)c1F. The van der Waals surface area contributed by atoms with Gasteiger partial charge in [0.25, 0.3) is 0 Å². The summed E-state index contributed by atoms with van der Waals surface area (Å²) in [4.78, 5) is 15.6. The Morgan fingerprint density at radius 3 is 2.48 bits per heavy atom. The molecule has 0 fully saturated rings. The van der Waals surface area contributed by atoms with Gasteiger partial charge in [-0.2, -0.15) is 4.39 Å². The minimum Gasteiger partial charge on any atom is -0.506 e. The molecule has 1 aromatic carbocycles. The highest BCUT2D eigenvalue weighted by Gasteiger charge is 2.25. The zero-order valence-corrected chi connectivity index (χ0v) is 12.8. The number of benzene rings is 1. The third-order valence-electron chi connectivity index (χ3n) is 2.73. The fraction of sp³-hybridized carbons (Fsp3) is 0.333. The van der Waals surface area contributed by atoms with Gasteiger partial charge in [0.05, 0.1) is 19.3 Å². The Bertz CT molecular complexity index is 657. The number of rotatable bonds is 6. The molecule has 0 saturated heterocycles. The van der Waals surface area contributed by atoms with Gasteiger partial charge in [-0.25, -0.2) is 13.6 Å². The van der Waals surface area contributed by atoms with Crippen LogP contribution in [-0.4, -0.2) is 37.6 Å². The monoisotopic (exact) mass is 331 g/mol. The largest absolute Gasteiger partial charge is 0.506 e. The molecule has 0 atom stereocenters. The fourth-order valence-electron chi connectivity index (χ4n) is 1.68. The molecule has 1 rings (SSSR count). The van der Waals surface area contributed by atoms with E-state index in [0.29, 0.717) is 6.07 Å². The van der Waals surface area contributed by atoms with Gasteiger partial charge in [-0.1, -0.05) is 0 Å². The smallest absolute Gasteiger partial charge is 0.343 e. The Labute approximate surface area is 131 Å². The first-order chi connectivity index (χ1) is 10.9. The van der Waals surface area contributed by atoms with Crippen molar-refractivity contribution in [2.75, 3.05) is 20.3 Å². The topological polar surface area (TPSA) is 68.1 Å². The summed E-state index contributed by atoms with van der Waals surface area (Å²) in [5.74, 6) is -7.26. The highest BCUT2D eigenvalue weighted by Crippen LogP contribution is 2.31. The molecule has 0 aliphatic carbocycles. The van der Waals surface area contributed by atoms with E-state index in [1.807, 2.05) is 0 Å². The lowest BCUT2D eigenvalue weighted by Gasteiger charge is -2.11. The third kappa shape index (κ3) is 4.02. The van der Waals surface area contributed by atoms with Crippen molar-refractivity contribution >= 4 is 17.9 Å². The predicted molar refractivity (Wildman–Crippen MR) is 78.1 cm³/mol. The van der Waals surface area contributed by atoms with Crippen LogP contribution in [0.15, 0.2) is 16.6 Å². The average molecular weight is 331 g/mol. The van der Waals surface area contributed by atoms with Crippen molar-refractivity contribution in [2.24, 2.45) is 4.99 Å². The number of hydrogen-bond acceptors (Lipinski definition) is 5. The second-order valence-corrected chi connectivity index (χ2v) is 4.18. The Morgan fingerprint density at radius 2 is 1.96 bits per heavy atom. The summed E-state index contributed by atoms with van der Waals surface area (Å²) in [6, 6.07) is 0.418. The quantitative estimate of drug-likeness (QED) is 0.286. The van der Waals surface area contributed by atoms with Crippen molar-refractivity contribution in [3.05, 3.63) is 34.7 Å². The van der Waals surface area contributed by atoms with Gasteiger partial charge < -0.3 is 14.6 Å². The second kappa shape index (κ2) is 8.21. The number of aliphatic hydroxyl groups is 1. The van der Waals surface area contributed by atoms with Crippen molar-refractivity contribution in [1.29, 1.82) is 0 Å². The minimum absolute atomic E-state index is 0.000833. The summed E-state index contributed by atoms with van der Waals surface area (Å²) >= 11 is 0. The molecule has 0 radical (unpaired) electrons. The van der Waals surface area contributed by atoms with E-state index in [9.17, 15) is 23.1 Å². The van der Waals surface area contributed by atoms with Crippen molar-refractivity contribution < 1.29 is 32.5 Å². The van der Waals surface area contributed by atoms with Gasteiger partial charge in [0.15, 0.2) is 17.4 Å². The van der Waals surface area contributed by atoms with Crippen molar-refractivity contribution in [3.63, 3.8) is 0 Å². The van der Waals surface area contributed by atoms with Crippen LogP contribution in [0.5, 0.6) is 5.75 Å². The second-order valence-electron chi connectivity index (χ2n) is 4.18. The molecule has 0 heterocycles. The van der Waals surface area contributed by atoms with Crippen LogP contribution in [0.25, 0.3) is 5.76 Å². The molecule has 0 bridgehead atoms. The molecule has 1 N–H and O–H groups in total. The maximum Gasteiger partial charge on any atom is 0.343 e. The molecule has 0 spiro atoms. The van der Waals surface area contributed by atoms with Crippen molar-refractivity contribution in [2.45, 2.75) is 13.8 Å². The van der Waals surface area contributed by atoms with Crippen molar-refractivity contribution in [1.82, 2.24) is 0 Å². The standard InChI is InChI=1S/C15H16F3NO4/c1-4-19-7-9(15(21)23-5-2)13(20)8-6-10(16)12(18)14(22-3)11(8)17/h6-7,20H,4-5H2,1-3H3. The van der Waals surface area contributed by atoms with E-state index in [2.05, 4.69) is 9.73 Å². The van der Waals surface area contributed by atoms with Crippen LogP contribution in [0.4, 0.5) is 13.2 Å². The lowest BCUT2D eigenvalue weighted by atomic mass is 10.1. The zero-order chi connectivity index (χ0) is 17.6. The summed E-state index contributed by atoms with van der Waals surface area (Å²) in [5, 5.41) is 10.1. The Morgan fingerprint density at radius 1 is 1.30 bits per heavy atom. The number of hydrogen-bond donors (Lipinski definition) is 1. The third-order valence-corrected chi connectivity index (χ3v) is 2.73. The molecular formula is C15H16F3NO4. The summed E-state index contributed by atoms with van der Waals surface area (Å²) < 4.78 is 50.3. The first kappa shape index (κ1) is 18.5. The maximum atomic E-state index is 14.2.